The van der Waals surface area contributed by atoms with Crippen molar-refractivity contribution in [1.82, 2.24) is 0 Å². The topological polar surface area (TPSA) is 136 Å². The standard InChI is InChI=1S/C28H19N3O6/c32-23-7-3-1-5-21(23)29-25(34)16-9-12-18(13-10-16)31-27(36)19-14-11-17(15-20(19)28(31)37)26(35)30-22-6-2-4-8-24(22)33/h1-15,32-33H,(H,29,34)(H,30,35). The first-order valence-corrected chi connectivity index (χ1v) is 11.1. The number of aromatic hydroxyl groups is 2. The SMILES string of the molecule is O=C(Nc1ccccc1O)c1ccc(N2C(=O)c3ccc(C(=O)Nc4ccccc4O)cc3C2=O)cc1. The number of rotatable bonds is 5. The molecule has 4 aromatic rings. The molecule has 0 saturated carbocycles. The van der Waals surface area contributed by atoms with Gasteiger partial charge in [-0.15, -0.1) is 0 Å². The average Bonchev–Trinajstić information content (AvgIpc) is 3.16. The molecule has 0 unspecified atom stereocenters. The van der Waals surface area contributed by atoms with Crippen LogP contribution in [0.3, 0.4) is 0 Å². The lowest BCUT2D eigenvalue weighted by Gasteiger charge is -2.14. The second kappa shape index (κ2) is 9.31. The Bertz CT molecular complexity index is 1580. The van der Waals surface area contributed by atoms with E-state index in [1.807, 2.05) is 0 Å². The van der Waals surface area contributed by atoms with Crippen molar-refractivity contribution < 1.29 is 29.4 Å². The number of anilines is 3. The Balaban J connectivity index is 1.34. The highest BCUT2D eigenvalue weighted by Gasteiger charge is 2.37. The van der Waals surface area contributed by atoms with Crippen LogP contribution in [0.2, 0.25) is 0 Å². The third kappa shape index (κ3) is 4.37. The lowest BCUT2D eigenvalue weighted by molar-refractivity contribution is 0.0924. The fraction of sp³-hybridized carbons (Fsp3) is 0. The number of para-hydroxylation sites is 4. The van der Waals surface area contributed by atoms with Crippen LogP contribution in [0.5, 0.6) is 11.5 Å². The number of phenolic OH excluding ortho intramolecular Hbond substituents is 2. The molecule has 4 aromatic carbocycles. The first-order valence-electron chi connectivity index (χ1n) is 11.1. The van der Waals surface area contributed by atoms with Crippen LogP contribution in [0, 0.1) is 0 Å². The van der Waals surface area contributed by atoms with Gasteiger partial charge < -0.3 is 20.8 Å². The van der Waals surface area contributed by atoms with Crippen molar-refractivity contribution in [2.75, 3.05) is 15.5 Å². The molecule has 4 N–H and O–H groups in total. The molecule has 0 spiro atoms. The van der Waals surface area contributed by atoms with Gasteiger partial charge in [0.1, 0.15) is 11.5 Å². The number of amides is 4. The van der Waals surface area contributed by atoms with Gasteiger partial charge in [0.2, 0.25) is 0 Å². The summed E-state index contributed by atoms with van der Waals surface area (Å²) < 4.78 is 0. The van der Waals surface area contributed by atoms with Gasteiger partial charge in [0, 0.05) is 11.1 Å². The molecule has 182 valence electrons. The van der Waals surface area contributed by atoms with Crippen LogP contribution in [0.4, 0.5) is 17.1 Å². The third-order valence-electron chi connectivity index (χ3n) is 5.84. The number of hydrogen-bond donors (Lipinski definition) is 4. The van der Waals surface area contributed by atoms with Crippen LogP contribution in [0.25, 0.3) is 0 Å². The van der Waals surface area contributed by atoms with E-state index in [-0.39, 0.29) is 50.8 Å². The van der Waals surface area contributed by atoms with E-state index >= 15 is 0 Å². The Morgan fingerprint density at radius 3 is 1.65 bits per heavy atom. The average molecular weight is 493 g/mol. The number of phenols is 2. The Kier molecular flexibility index (Phi) is 5.86. The predicted octanol–water partition coefficient (Wildman–Crippen LogP) is 4.40. The molecule has 1 aliphatic rings. The number of carbonyl (C=O) groups is 4. The molecule has 0 aromatic heterocycles. The van der Waals surface area contributed by atoms with Crippen molar-refractivity contribution in [3.63, 3.8) is 0 Å². The normalized spacial score (nSPS) is 12.3. The molecule has 37 heavy (non-hydrogen) atoms. The number of hydrogen-bond acceptors (Lipinski definition) is 6. The highest BCUT2D eigenvalue weighted by molar-refractivity contribution is 6.34. The van der Waals surface area contributed by atoms with E-state index in [0.29, 0.717) is 0 Å². The molecule has 0 saturated heterocycles. The zero-order valence-corrected chi connectivity index (χ0v) is 19.1. The maximum absolute atomic E-state index is 13.1. The van der Waals surface area contributed by atoms with Crippen molar-refractivity contribution in [1.29, 1.82) is 0 Å². The minimum absolute atomic E-state index is 0.0660. The number of fused-ring (bicyclic) bond motifs is 1. The molecule has 1 heterocycles. The van der Waals surface area contributed by atoms with Crippen molar-refractivity contribution in [2.45, 2.75) is 0 Å². The van der Waals surface area contributed by atoms with Gasteiger partial charge in [-0.3, -0.25) is 19.2 Å². The monoisotopic (exact) mass is 493 g/mol. The van der Waals surface area contributed by atoms with Gasteiger partial charge in [-0.25, -0.2) is 4.90 Å². The van der Waals surface area contributed by atoms with E-state index in [1.165, 1.54) is 60.7 Å². The van der Waals surface area contributed by atoms with E-state index in [4.69, 9.17) is 0 Å². The lowest BCUT2D eigenvalue weighted by Crippen LogP contribution is -2.29. The summed E-state index contributed by atoms with van der Waals surface area (Å²) in [5, 5.41) is 24.9. The van der Waals surface area contributed by atoms with E-state index in [2.05, 4.69) is 10.6 Å². The molecular weight excluding hydrogens is 474 g/mol. The number of benzene rings is 4. The summed E-state index contributed by atoms with van der Waals surface area (Å²) in [5.74, 6) is -2.37. The maximum atomic E-state index is 13.1. The van der Waals surface area contributed by atoms with E-state index < -0.39 is 23.6 Å². The zero-order chi connectivity index (χ0) is 26.1. The van der Waals surface area contributed by atoms with Gasteiger partial charge in [0.15, 0.2) is 0 Å². The molecule has 9 nitrogen and oxygen atoms in total. The van der Waals surface area contributed by atoms with Crippen LogP contribution >= 0.6 is 0 Å². The first-order chi connectivity index (χ1) is 17.8. The molecule has 9 heteroatoms. The molecular formula is C28H19N3O6. The summed E-state index contributed by atoms with van der Waals surface area (Å²) >= 11 is 0. The Morgan fingerprint density at radius 2 is 1.08 bits per heavy atom. The molecule has 5 rings (SSSR count). The second-order valence-corrected chi connectivity index (χ2v) is 8.20. The van der Waals surface area contributed by atoms with Gasteiger partial charge in [0.05, 0.1) is 28.2 Å². The van der Waals surface area contributed by atoms with Crippen LogP contribution in [0.15, 0.2) is 91.0 Å². The van der Waals surface area contributed by atoms with Crippen molar-refractivity contribution in [2.24, 2.45) is 0 Å². The van der Waals surface area contributed by atoms with Gasteiger partial charge in [-0.1, -0.05) is 24.3 Å². The summed E-state index contributed by atoms with van der Waals surface area (Å²) in [6.45, 7) is 0. The second-order valence-electron chi connectivity index (χ2n) is 8.20. The largest absolute Gasteiger partial charge is 0.506 e. The van der Waals surface area contributed by atoms with Crippen molar-refractivity contribution in [3.05, 3.63) is 113 Å². The Labute approximate surface area is 210 Å². The summed E-state index contributed by atoms with van der Waals surface area (Å²) in [5.41, 5.74) is 1.32. The van der Waals surface area contributed by atoms with Crippen LogP contribution in [-0.4, -0.2) is 33.8 Å². The highest BCUT2D eigenvalue weighted by atomic mass is 16.3. The summed E-state index contributed by atoms with van der Waals surface area (Å²) in [6.07, 6.45) is 0. The highest BCUT2D eigenvalue weighted by Crippen LogP contribution is 2.30. The molecule has 0 radical (unpaired) electrons. The smallest absolute Gasteiger partial charge is 0.266 e. The number of nitrogens with one attached hydrogen (secondary N) is 2. The fourth-order valence-corrected chi connectivity index (χ4v) is 3.93. The Morgan fingerprint density at radius 1 is 0.595 bits per heavy atom. The lowest BCUT2D eigenvalue weighted by atomic mass is 10.1. The van der Waals surface area contributed by atoms with E-state index in [9.17, 15) is 29.4 Å². The third-order valence-corrected chi connectivity index (χ3v) is 5.84. The van der Waals surface area contributed by atoms with E-state index in [1.54, 1.807) is 30.3 Å². The summed E-state index contributed by atoms with van der Waals surface area (Å²) in [4.78, 5) is 52.3. The van der Waals surface area contributed by atoms with Crippen molar-refractivity contribution >= 4 is 40.7 Å². The maximum Gasteiger partial charge on any atom is 0.266 e. The van der Waals surface area contributed by atoms with Crippen LogP contribution in [0.1, 0.15) is 41.4 Å². The minimum atomic E-state index is -0.608. The molecule has 0 bridgehead atoms. The number of nitrogens with zero attached hydrogens (tertiary/aromatic N) is 1. The van der Waals surface area contributed by atoms with Gasteiger partial charge in [-0.2, -0.15) is 0 Å². The van der Waals surface area contributed by atoms with Crippen molar-refractivity contribution in [3.8, 4) is 11.5 Å². The Hall–Kier alpha value is -5.44. The number of carbonyl (C=O) groups excluding carboxylic acids is 4. The summed E-state index contributed by atoms with van der Waals surface area (Å²) in [7, 11) is 0. The first kappa shape index (κ1) is 23.3. The van der Waals surface area contributed by atoms with E-state index in [0.717, 1.165) is 4.90 Å². The molecule has 0 aliphatic carbocycles. The molecule has 0 fully saturated rings. The van der Waals surface area contributed by atoms with Gasteiger partial charge >= 0.3 is 0 Å². The van der Waals surface area contributed by atoms with Crippen LogP contribution < -0.4 is 15.5 Å². The summed E-state index contributed by atoms with van der Waals surface area (Å²) in [6, 6.07) is 22.5. The van der Waals surface area contributed by atoms with Gasteiger partial charge in [-0.05, 0) is 66.7 Å². The van der Waals surface area contributed by atoms with Gasteiger partial charge in [0.25, 0.3) is 23.6 Å². The fourth-order valence-electron chi connectivity index (χ4n) is 3.93. The quantitative estimate of drug-likeness (QED) is 0.240. The number of imide groups is 1. The molecule has 1 aliphatic heterocycles. The minimum Gasteiger partial charge on any atom is -0.506 e. The predicted molar refractivity (Wildman–Crippen MR) is 136 cm³/mol. The van der Waals surface area contributed by atoms with Crippen LogP contribution in [-0.2, 0) is 0 Å². The molecule has 0 atom stereocenters. The molecule has 4 amide bonds. The zero-order valence-electron chi connectivity index (χ0n) is 19.1.